The van der Waals surface area contributed by atoms with Crippen molar-refractivity contribution in [2.24, 2.45) is 0 Å². The molecule has 2 heterocycles. The zero-order valence-corrected chi connectivity index (χ0v) is 11.0. The Kier molecular flexibility index (Phi) is 4.07. The molecule has 0 saturated heterocycles. The summed E-state index contributed by atoms with van der Waals surface area (Å²) in [6.07, 6.45) is 4.87. The molecule has 1 N–H and O–H groups in total. The maximum Gasteiger partial charge on any atom is 0.259 e. The first kappa shape index (κ1) is 13.0. The van der Waals surface area contributed by atoms with Crippen LogP contribution < -0.4 is 10.2 Å². The molecule has 0 unspecified atom stereocenters. The fourth-order valence-corrected chi connectivity index (χ4v) is 1.67. The van der Waals surface area contributed by atoms with Crippen LogP contribution in [0.15, 0.2) is 42.9 Å². The second-order valence-corrected chi connectivity index (χ2v) is 4.04. The van der Waals surface area contributed by atoms with Gasteiger partial charge in [-0.2, -0.15) is 0 Å². The minimum atomic E-state index is -0.105. The molecular formula is C14H16N4O. The van der Waals surface area contributed by atoms with Gasteiger partial charge >= 0.3 is 0 Å². The van der Waals surface area contributed by atoms with Gasteiger partial charge in [0.1, 0.15) is 5.82 Å². The number of aromatic nitrogens is 2. The highest BCUT2D eigenvalue weighted by Gasteiger charge is 2.13. The standard InChI is InChI=1S/C14H16N4O/c1-3-16-13-7-6-12(10-17-13)18(2)14(19)11-5-4-8-15-9-11/h4-10H,3H2,1-2H3,(H,16,17). The molecule has 0 atom stereocenters. The second kappa shape index (κ2) is 5.95. The van der Waals surface area contributed by atoms with Gasteiger partial charge < -0.3 is 10.2 Å². The Morgan fingerprint density at radius 3 is 2.74 bits per heavy atom. The van der Waals surface area contributed by atoms with Crippen molar-refractivity contribution < 1.29 is 4.79 Å². The van der Waals surface area contributed by atoms with E-state index in [1.54, 1.807) is 42.7 Å². The SMILES string of the molecule is CCNc1ccc(N(C)C(=O)c2cccnc2)cn1. The van der Waals surface area contributed by atoms with Crippen molar-refractivity contribution in [3.05, 3.63) is 48.4 Å². The molecular weight excluding hydrogens is 240 g/mol. The summed E-state index contributed by atoms with van der Waals surface area (Å²) in [5.41, 5.74) is 1.30. The van der Waals surface area contributed by atoms with Crippen LogP contribution in [0.2, 0.25) is 0 Å². The van der Waals surface area contributed by atoms with E-state index in [0.717, 1.165) is 18.1 Å². The maximum absolute atomic E-state index is 12.2. The Labute approximate surface area is 112 Å². The summed E-state index contributed by atoms with van der Waals surface area (Å²) in [6.45, 7) is 2.82. The zero-order valence-electron chi connectivity index (χ0n) is 11.0. The van der Waals surface area contributed by atoms with E-state index in [-0.39, 0.29) is 5.91 Å². The summed E-state index contributed by atoms with van der Waals surface area (Å²) in [4.78, 5) is 21.9. The summed E-state index contributed by atoms with van der Waals surface area (Å²) in [5, 5.41) is 3.11. The number of nitrogens with one attached hydrogen (secondary N) is 1. The second-order valence-electron chi connectivity index (χ2n) is 4.04. The van der Waals surface area contributed by atoms with Gasteiger partial charge in [-0.3, -0.25) is 9.78 Å². The van der Waals surface area contributed by atoms with E-state index in [2.05, 4.69) is 15.3 Å². The molecule has 0 fully saturated rings. The van der Waals surface area contributed by atoms with Gasteiger partial charge in [-0.05, 0) is 31.2 Å². The molecule has 0 spiro atoms. The summed E-state index contributed by atoms with van der Waals surface area (Å²) < 4.78 is 0. The third kappa shape index (κ3) is 3.07. The minimum Gasteiger partial charge on any atom is -0.370 e. The van der Waals surface area contributed by atoms with E-state index in [1.807, 2.05) is 19.1 Å². The van der Waals surface area contributed by atoms with Crippen molar-refractivity contribution in [2.75, 3.05) is 23.8 Å². The van der Waals surface area contributed by atoms with Crippen molar-refractivity contribution in [3.8, 4) is 0 Å². The molecule has 5 heteroatoms. The van der Waals surface area contributed by atoms with Crippen molar-refractivity contribution in [1.29, 1.82) is 0 Å². The molecule has 0 aromatic carbocycles. The van der Waals surface area contributed by atoms with Crippen molar-refractivity contribution in [2.45, 2.75) is 6.92 Å². The third-order valence-electron chi connectivity index (χ3n) is 2.71. The number of pyridine rings is 2. The number of carbonyl (C=O) groups is 1. The largest absolute Gasteiger partial charge is 0.370 e. The zero-order chi connectivity index (χ0) is 13.7. The van der Waals surface area contributed by atoms with E-state index in [4.69, 9.17) is 0 Å². The molecule has 2 aromatic rings. The molecule has 0 aliphatic rings. The van der Waals surface area contributed by atoms with Gasteiger partial charge in [-0.25, -0.2) is 4.98 Å². The summed E-state index contributed by atoms with van der Waals surface area (Å²) >= 11 is 0. The highest BCUT2D eigenvalue weighted by molar-refractivity contribution is 6.05. The summed E-state index contributed by atoms with van der Waals surface area (Å²) in [7, 11) is 1.72. The Balaban J connectivity index is 2.15. The van der Waals surface area contributed by atoms with Gasteiger partial charge in [0.15, 0.2) is 0 Å². The van der Waals surface area contributed by atoms with Crippen LogP contribution in [0.3, 0.4) is 0 Å². The molecule has 19 heavy (non-hydrogen) atoms. The minimum absolute atomic E-state index is 0.105. The van der Waals surface area contributed by atoms with Crippen LogP contribution in [0, 0.1) is 0 Å². The van der Waals surface area contributed by atoms with E-state index >= 15 is 0 Å². The number of hydrogen-bond donors (Lipinski definition) is 1. The molecule has 2 rings (SSSR count). The van der Waals surface area contributed by atoms with Gasteiger partial charge in [0, 0.05) is 26.0 Å². The molecule has 2 aromatic heterocycles. The van der Waals surface area contributed by atoms with Crippen LogP contribution in [0.1, 0.15) is 17.3 Å². The Bertz CT molecular complexity index is 539. The fourth-order valence-electron chi connectivity index (χ4n) is 1.67. The number of amides is 1. The van der Waals surface area contributed by atoms with Crippen molar-refractivity contribution >= 4 is 17.4 Å². The van der Waals surface area contributed by atoms with Crippen LogP contribution in [-0.4, -0.2) is 29.5 Å². The third-order valence-corrected chi connectivity index (χ3v) is 2.71. The lowest BCUT2D eigenvalue weighted by atomic mass is 10.2. The monoisotopic (exact) mass is 256 g/mol. The Hall–Kier alpha value is -2.43. The first-order valence-electron chi connectivity index (χ1n) is 6.10. The number of nitrogens with zero attached hydrogens (tertiary/aromatic N) is 3. The molecule has 98 valence electrons. The van der Waals surface area contributed by atoms with Gasteiger partial charge in [0.05, 0.1) is 17.4 Å². The lowest BCUT2D eigenvalue weighted by Gasteiger charge is -2.17. The molecule has 0 radical (unpaired) electrons. The van der Waals surface area contributed by atoms with Gasteiger partial charge in [-0.15, -0.1) is 0 Å². The maximum atomic E-state index is 12.2. The van der Waals surface area contributed by atoms with E-state index in [0.29, 0.717) is 5.56 Å². The summed E-state index contributed by atoms with van der Waals surface area (Å²) in [5.74, 6) is 0.694. The van der Waals surface area contributed by atoms with E-state index in [9.17, 15) is 4.79 Å². The number of anilines is 2. The smallest absolute Gasteiger partial charge is 0.259 e. The van der Waals surface area contributed by atoms with Gasteiger partial charge in [-0.1, -0.05) is 0 Å². The Morgan fingerprint density at radius 1 is 1.32 bits per heavy atom. The first-order chi connectivity index (χ1) is 9.22. The Morgan fingerprint density at radius 2 is 2.16 bits per heavy atom. The molecule has 0 saturated carbocycles. The van der Waals surface area contributed by atoms with E-state index in [1.165, 1.54) is 0 Å². The van der Waals surface area contributed by atoms with E-state index < -0.39 is 0 Å². The van der Waals surface area contributed by atoms with Crippen LogP contribution >= 0.6 is 0 Å². The van der Waals surface area contributed by atoms with Gasteiger partial charge in [0.25, 0.3) is 5.91 Å². The highest BCUT2D eigenvalue weighted by atomic mass is 16.2. The topological polar surface area (TPSA) is 58.1 Å². The molecule has 5 nitrogen and oxygen atoms in total. The summed E-state index contributed by atoms with van der Waals surface area (Å²) in [6, 6.07) is 7.20. The average molecular weight is 256 g/mol. The van der Waals surface area contributed by atoms with Crippen molar-refractivity contribution in [3.63, 3.8) is 0 Å². The van der Waals surface area contributed by atoms with Crippen molar-refractivity contribution in [1.82, 2.24) is 9.97 Å². The normalized spacial score (nSPS) is 10.0. The number of hydrogen-bond acceptors (Lipinski definition) is 4. The molecule has 0 aliphatic carbocycles. The molecule has 1 amide bonds. The fraction of sp³-hybridized carbons (Fsp3) is 0.214. The van der Waals surface area contributed by atoms with Crippen LogP contribution in [0.4, 0.5) is 11.5 Å². The van der Waals surface area contributed by atoms with Crippen LogP contribution in [0.25, 0.3) is 0 Å². The van der Waals surface area contributed by atoms with Crippen LogP contribution in [0.5, 0.6) is 0 Å². The first-order valence-corrected chi connectivity index (χ1v) is 6.10. The quantitative estimate of drug-likeness (QED) is 0.911. The number of rotatable bonds is 4. The lowest BCUT2D eigenvalue weighted by molar-refractivity contribution is 0.0992. The molecule has 0 aliphatic heterocycles. The number of carbonyl (C=O) groups excluding carboxylic acids is 1. The predicted octanol–water partition coefficient (Wildman–Crippen LogP) is 2.18. The highest BCUT2D eigenvalue weighted by Crippen LogP contribution is 2.15. The molecule has 0 bridgehead atoms. The van der Waals surface area contributed by atoms with Gasteiger partial charge in [0.2, 0.25) is 0 Å². The lowest BCUT2D eigenvalue weighted by Crippen LogP contribution is -2.26. The average Bonchev–Trinajstić information content (AvgIpc) is 2.48. The van der Waals surface area contributed by atoms with Crippen LogP contribution in [-0.2, 0) is 0 Å². The predicted molar refractivity (Wildman–Crippen MR) is 75.4 cm³/mol.